The quantitative estimate of drug-likeness (QED) is 0.440. The van der Waals surface area contributed by atoms with E-state index in [1.165, 1.54) is 44.1 Å². The van der Waals surface area contributed by atoms with E-state index in [2.05, 4.69) is 67.2 Å². The highest BCUT2D eigenvalue weighted by Gasteiger charge is 2.62. The normalized spacial score (nSPS) is 43.6. The van der Waals surface area contributed by atoms with Gasteiger partial charge in [-0.25, -0.2) is 0 Å². The van der Waals surface area contributed by atoms with Gasteiger partial charge in [0.2, 0.25) is 0 Å². The van der Waals surface area contributed by atoms with E-state index < -0.39 is 0 Å². The van der Waals surface area contributed by atoms with Crippen molar-refractivity contribution in [3.8, 4) is 0 Å². The molecule has 2 fully saturated rings. The minimum atomic E-state index is -0.165. The van der Waals surface area contributed by atoms with Crippen LogP contribution in [0.1, 0.15) is 106 Å². The number of aliphatic hydroxyl groups excluding tert-OH is 1. The van der Waals surface area contributed by atoms with Crippen molar-refractivity contribution < 1.29 is 5.11 Å². The van der Waals surface area contributed by atoms with Gasteiger partial charge in [-0.1, -0.05) is 72.8 Å². The summed E-state index contributed by atoms with van der Waals surface area (Å²) in [5.74, 6) is 1.99. The Morgan fingerprint density at radius 2 is 1.77 bits per heavy atom. The van der Waals surface area contributed by atoms with Gasteiger partial charge in [0.05, 0.1) is 6.10 Å². The average molecular weight is 425 g/mol. The largest absolute Gasteiger partial charge is 0.393 e. The summed E-state index contributed by atoms with van der Waals surface area (Å²) in [6, 6.07) is 0. The molecule has 6 atom stereocenters. The van der Waals surface area contributed by atoms with E-state index in [1.54, 1.807) is 11.1 Å². The molecular weight excluding hydrogens is 376 g/mol. The molecule has 0 spiro atoms. The maximum Gasteiger partial charge on any atom is 0.0594 e. The molecule has 4 aliphatic carbocycles. The lowest BCUT2D eigenvalue weighted by Crippen LogP contribution is -2.54. The van der Waals surface area contributed by atoms with E-state index >= 15 is 0 Å². The van der Waals surface area contributed by atoms with Gasteiger partial charge in [0, 0.05) is 0 Å². The van der Waals surface area contributed by atoms with E-state index in [1.807, 2.05) is 0 Å². The van der Waals surface area contributed by atoms with Crippen molar-refractivity contribution in [2.45, 2.75) is 112 Å². The number of allylic oxidation sites excluding steroid dienone is 5. The molecule has 0 saturated heterocycles. The molecule has 0 aromatic rings. The first-order chi connectivity index (χ1) is 14.4. The molecule has 1 nitrogen and oxygen atoms in total. The molecule has 2 saturated carbocycles. The monoisotopic (exact) mass is 424 g/mol. The topological polar surface area (TPSA) is 20.2 Å². The van der Waals surface area contributed by atoms with Crippen LogP contribution in [0.3, 0.4) is 0 Å². The zero-order chi connectivity index (χ0) is 22.8. The smallest absolute Gasteiger partial charge is 0.0594 e. The van der Waals surface area contributed by atoms with Crippen LogP contribution in [-0.2, 0) is 0 Å². The van der Waals surface area contributed by atoms with Crippen molar-refractivity contribution in [3.63, 3.8) is 0 Å². The predicted molar refractivity (Wildman–Crippen MR) is 133 cm³/mol. The highest BCUT2D eigenvalue weighted by molar-refractivity contribution is 5.49. The Labute approximate surface area is 192 Å². The molecule has 0 aliphatic heterocycles. The second kappa shape index (κ2) is 7.61. The first-order valence-electron chi connectivity index (χ1n) is 13.2. The van der Waals surface area contributed by atoms with Gasteiger partial charge in [-0.05, 0) is 108 Å². The second-order valence-corrected chi connectivity index (χ2v) is 13.2. The third-order valence-corrected chi connectivity index (χ3v) is 11.3. The van der Waals surface area contributed by atoms with Crippen molar-refractivity contribution in [1.82, 2.24) is 0 Å². The summed E-state index contributed by atoms with van der Waals surface area (Å²) in [6.07, 6.45) is 16.2. The van der Waals surface area contributed by atoms with E-state index in [-0.39, 0.29) is 16.9 Å². The molecule has 4 rings (SSSR count). The standard InChI is InChI=1S/C30H48O/c1-20(2)21(3)10-9-11-22-14-18-30(8)24-12-13-25-27(4,5)26(31)16-17-28(25,6)23(24)15-19-29(22,30)7/h12,15,20,22,25-26,31H,3,9-11,13-14,16-19H2,1-2,4-8H3/t22-,25?,26?,28+,29+,30-/m0/s1. The molecule has 174 valence electrons. The maximum atomic E-state index is 10.8. The minimum Gasteiger partial charge on any atom is -0.393 e. The van der Waals surface area contributed by atoms with Gasteiger partial charge in [0.25, 0.3) is 0 Å². The molecule has 1 N–H and O–H groups in total. The molecular formula is C30H48O. The van der Waals surface area contributed by atoms with Crippen molar-refractivity contribution in [3.05, 3.63) is 35.5 Å². The lowest BCUT2D eigenvalue weighted by Gasteiger charge is -2.60. The van der Waals surface area contributed by atoms with Crippen molar-refractivity contribution in [2.24, 2.45) is 39.4 Å². The molecule has 0 radical (unpaired) electrons. The van der Waals surface area contributed by atoms with E-state index in [4.69, 9.17) is 0 Å². The minimum absolute atomic E-state index is 0.00541. The molecule has 1 heteroatoms. The first-order valence-corrected chi connectivity index (χ1v) is 13.2. The van der Waals surface area contributed by atoms with E-state index in [0.29, 0.717) is 22.7 Å². The molecule has 0 aromatic carbocycles. The summed E-state index contributed by atoms with van der Waals surface area (Å²) in [6.45, 7) is 21.2. The van der Waals surface area contributed by atoms with Crippen LogP contribution < -0.4 is 0 Å². The van der Waals surface area contributed by atoms with Gasteiger partial charge in [-0.15, -0.1) is 0 Å². The maximum absolute atomic E-state index is 10.8. The molecule has 0 amide bonds. The summed E-state index contributed by atoms with van der Waals surface area (Å²) < 4.78 is 0. The summed E-state index contributed by atoms with van der Waals surface area (Å²) in [5, 5.41) is 10.8. The van der Waals surface area contributed by atoms with Crippen LogP contribution in [0.25, 0.3) is 0 Å². The predicted octanol–water partition coefficient (Wildman–Crippen LogP) is 8.26. The molecule has 0 bridgehead atoms. The number of hydrogen-bond acceptors (Lipinski definition) is 1. The summed E-state index contributed by atoms with van der Waals surface area (Å²) in [7, 11) is 0. The van der Waals surface area contributed by atoms with Crippen LogP contribution in [-0.4, -0.2) is 11.2 Å². The van der Waals surface area contributed by atoms with Crippen molar-refractivity contribution in [2.75, 3.05) is 0 Å². The highest BCUT2D eigenvalue weighted by atomic mass is 16.3. The highest BCUT2D eigenvalue weighted by Crippen LogP contribution is 2.71. The summed E-state index contributed by atoms with van der Waals surface area (Å²) >= 11 is 0. The zero-order valence-corrected chi connectivity index (χ0v) is 21.5. The molecule has 31 heavy (non-hydrogen) atoms. The van der Waals surface area contributed by atoms with Crippen LogP contribution in [0.4, 0.5) is 0 Å². The summed E-state index contributed by atoms with van der Waals surface area (Å²) in [4.78, 5) is 0. The number of rotatable bonds is 5. The molecule has 0 heterocycles. The molecule has 4 aliphatic rings. The first kappa shape index (κ1) is 23.3. The summed E-state index contributed by atoms with van der Waals surface area (Å²) in [5.41, 5.74) is 5.70. The second-order valence-electron chi connectivity index (χ2n) is 13.2. The third kappa shape index (κ3) is 3.27. The van der Waals surface area contributed by atoms with E-state index in [9.17, 15) is 5.11 Å². The Balaban J connectivity index is 1.60. The Hall–Kier alpha value is -0.820. The Morgan fingerprint density at radius 3 is 2.45 bits per heavy atom. The lowest BCUT2D eigenvalue weighted by atomic mass is 9.44. The van der Waals surface area contributed by atoms with Crippen molar-refractivity contribution >= 4 is 0 Å². The van der Waals surface area contributed by atoms with Crippen LogP contribution in [0, 0.1) is 39.4 Å². The number of fused-ring (bicyclic) bond motifs is 5. The zero-order valence-electron chi connectivity index (χ0n) is 21.5. The van der Waals surface area contributed by atoms with Crippen LogP contribution in [0.2, 0.25) is 0 Å². The van der Waals surface area contributed by atoms with Gasteiger partial charge < -0.3 is 5.11 Å². The fraction of sp³-hybridized carbons (Fsp3) is 0.800. The van der Waals surface area contributed by atoms with Gasteiger partial charge >= 0.3 is 0 Å². The lowest BCUT2D eigenvalue weighted by molar-refractivity contribution is -0.0848. The number of hydrogen-bond donors (Lipinski definition) is 1. The molecule has 2 unspecified atom stereocenters. The van der Waals surface area contributed by atoms with E-state index in [0.717, 1.165) is 25.2 Å². The van der Waals surface area contributed by atoms with Crippen LogP contribution >= 0.6 is 0 Å². The third-order valence-electron chi connectivity index (χ3n) is 11.3. The molecule has 0 aromatic heterocycles. The van der Waals surface area contributed by atoms with Gasteiger partial charge in [0.15, 0.2) is 0 Å². The Bertz CT molecular complexity index is 797. The van der Waals surface area contributed by atoms with Crippen molar-refractivity contribution in [1.29, 1.82) is 0 Å². The van der Waals surface area contributed by atoms with Gasteiger partial charge in [-0.3, -0.25) is 0 Å². The average Bonchev–Trinajstić information content (AvgIpc) is 2.96. The van der Waals surface area contributed by atoms with Gasteiger partial charge in [0.1, 0.15) is 0 Å². The SMILES string of the molecule is C=C(CCC[C@H]1CC[C@@]2(C)C3=CCC4C(C)(C)C(O)CC[C@]4(C)C3=CC[C@]12C)C(C)C. The fourth-order valence-corrected chi connectivity index (χ4v) is 8.43. The Kier molecular flexibility index (Phi) is 5.73. The Morgan fingerprint density at radius 1 is 1.06 bits per heavy atom. The van der Waals surface area contributed by atoms with Crippen LogP contribution in [0.15, 0.2) is 35.5 Å². The fourth-order valence-electron chi connectivity index (χ4n) is 8.43. The number of aliphatic hydroxyl groups is 1. The van der Waals surface area contributed by atoms with Crippen LogP contribution in [0.5, 0.6) is 0 Å². The van der Waals surface area contributed by atoms with Gasteiger partial charge in [-0.2, -0.15) is 0 Å².